The van der Waals surface area contributed by atoms with Crippen LogP contribution in [0.1, 0.15) is 39.5 Å². The molecule has 0 heterocycles. The molecule has 0 spiro atoms. The zero-order valence-electron chi connectivity index (χ0n) is 7.40. The van der Waals surface area contributed by atoms with Gasteiger partial charge in [-0.05, 0) is 0 Å². The number of rotatable bonds is 1. The maximum absolute atomic E-state index is 11.6. The van der Waals surface area contributed by atoms with E-state index < -0.39 is 5.60 Å². The largest absolute Gasteiger partial charge is 2.00 e. The van der Waals surface area contributed by atoms with Gasteiger partial charge in [0, 0.05) is 0 Å². The average molecular weight is 187 g/mol. The van der Waals surface area contributed by atoms with Gasteiger partial charge >= 0.3 is 23.1 Å². The maximum atomic E-state index is 11.6. The summed E-state index contributed by atoms with van der Waals surface area (Å²) in [7, 11) is 0. The first kappa shape index (κ1) is 14.5. The van der Waals surface area contributed by atoms with E-state index >= 15 is 0 Å². The van der Waals surface area contributed by atoms with Crippen molar-refractivity contribution in [3.63, 3.8) is 0 Å². The van der Waals surface area contributed by atoms with Gasteiger partial charge in [0.25, 0.3) is 0 Å². The van der Waals surface area contributed by atoms with E-state index in [1.54, 1.807) is 0 Å². The third-order valence-electron chi connectivity index (χ3n) is 2.50. The Kier molecular flexibility index (Phi) is 7.43. The van der Waals surface area contributed by atoms with Gasteiger partial charge in [-0.2, -0.15) is 0 Å². The Bertz CT molecular complexity index is 100. The van der Waals surface area contributed by atoms with Crippen LogP contribution in [-0.2, 0) is 0 Å². The van der Waals surface area contributed by atoms with E-state index in [2.05, 4.69) is 0 Å². The zero-order valence-corrected chi connectivity index (χ0v) is 9.57. The Balaban J connectivity index is 0. The molecule has 3 heteroatoms. The van der Waals surface area contributed by atoms with E-state index in [0.29, 0.717) is 5.92 Å². The molecule has 0 aliphatic heterocycles. The summed E-state index contributed by atoms with van der Waals surface area (Å²) in [6.45, 7) is 4.08. The standard InChI is InChI=1S/C8H15O.ClH.Mg/c1-7(2)8(9)5-3-4-6-8;;/h7H,3-6H2,1-2H3;1H;/q-1;;+2/p-1. The topological polar surface area (TPSA) is 23.1 Å². The molecule has 0 saturated heterocycles. The van der Waals surface area contributed by atoms with Crippen LogP contribution in [0.25, 0.3) is 0 Å². The molecule has 1 fully saturated rings. The summed E-state index contributed by atoms with van der Waals surface area (Å²) in [6, 6.07) is 0. The maximum Gasteiger partial charge on any atom is 2.00 e. The molecule has 0 atom stereocenters. The van der Waals surface area contributed by atoms with Crippen LogP contribution in [0.15, 0.2) is 0 Å². The van der Waals surface area contributed by atoms with Crippen LogP contribution in [0.5, 0.6) is 0 Å². The molecule has 1 nitrogen and oxygen atoms in total. The summed E-state index contributed by atoms with van der Waals surface area (Å²) in [5.74, 6) is 0.333. The van der Waals surface area contributed by atoms with E-state index in [1.807, 2.05) is 13.8 Å². The quantitative estimate of drug-likeness (QED) is 0.433. The second kappa shape index (κ2) is 5.63. The number of halogens is 1. The molecule has 1 aliphatic carbocycles. The number of hydrogen-bond donors (Lipinski definition) is 0. The molecular weight excluding hydrogens is 172 g/mol. The fourth-order valence-electron chi connectivity index (χ4n) is 1.55. The van der Waals surface area contributed by atoms with Crippen LogP contribution in [0.2, 0.25) is 0 Å². The van der Waals surface area contributed by atoms with Gasteiger partial charge in [0.1, 0.15) is 0 Å². The van der Waals surface area contributed by atoms with Crippen LogP contribution in [-0.4, -0.2) is 28.7 Å². The molecular formula is C8H15ClMgO. The molecule has 1 aliphatic rings. The minimum absolute atomic E-state index is 0. The summed E-state index contributed by atoms with van der Waals surface area (Å²) in [6.07, 6.45) is 4.12. The Morgan fingerprint density at radius 2 is 1.55 bits per heavy atom. The first-order chi connectivity index (χ1) is 4.15. The van der Waals surface area contributed by atoms with E-state index in [-0.39, 0.29) is 35.5 Å². The molecule has 0 aromatic carbocycles. The second-order valence-electron chi connectivity index (χ2n) is 3.43. The van der Waals surface area contributed by atoms with Gasteiger partial charge in [0.2, 0.25) is 0 Å². The zero-order chi connectivity index (χ0) is 6.91. The molecule has 11 heavy (non-hydrogen) atoms. The number of hydrogen-bond acceptors (Lipinski definition) is 1. The van der Waals surface area contributed by atoms with Gasteiger partial charge in [-0.15, -0.1) is 5.60 Å². The molecule has 0 radical (unpaired) electrons. The third kappa shape index (κ3) is 3.49. The van der Waals surface area contributed by atoms with Crippen molar-refractivity contribution < 1.29 is 17.5 Å². The molecule has 0 unspecified atom stereocenters. The summed E-state index contributed by atoms with van der Waals surface area (Å²) < 4.78 is 0. The van der Waals surface area contributed by atoms with Crippen molar-refractivity contribution in [2.24, 2.45) is 5.92 Å². The van der Waals surface area contributed by atoms with Crippen molar-refractivity contribution in [2.45, 2.75) is 45.1 Å². The molecule has 1 rings (SSSR count). The van der Waals surface area contributed by atoms with Gasteiger partial charge in [-0.1, -0.05) is 45.4 Å². The van der Waals surface area contributed by atoms with Gasteiger partial charge in [0.15, 0.2) is 0 Å². The Hall–Kier alpha value is 1.02. The van der Waals surface area contributed by atoms with Crippen molar-refractivity contribution in [1.29, 1.82) is 0 Å². The fourth-order valence-corrected chi connectivity index (χ4v) is 1.55. The van der Waals surface area contributed by atoms with Crippen LogP contribution in [0.4, 0.5) is 0 Å². The van der Waals surface area contributed by atoms with Crippen molar-refractivity contribution in [3.05, 3.63) is 0 Å². The second-order valence-corrected chi connectivity index (χ2v) is 3.43. The minimum atomic E-state index is -0.556. The van der Waals surface area contributed by atoms with Crippen LogP contribution in [0.3, 0.4) is 0 Å². The van der Waals surface area contributed by atoms with Crippen molar-refractivity contribution >= 4 is 23.1 Å². The summed E-state index contributed by atoms with van der Waals surface area (Å²) >= 11 is 0. The predicted molar refractivity (Wildman–Crippen MR) is 41.8 cm³/mol. The smallest absolute Gasteiger partial charge is 1.00 e. The Labute approximate surface area is 91.5 Å². The van der Waals surface area contributed by atoms with Crippen LogP contribution >= 0.6 is 0 Å². The van der Waals surface area contributed by atoms with E-state index in [1.165, 1.54) is 0 Å². The minimum Gasteiger partial charge on any atom is -1.00 e. The van der Waals surface area contributed by atoms with Crippen molar-refractivity contribution in [3.8, 4) is 0 Å². The molecule has 0 N–H and O–H groups in total. The van der Waals surface area contributed by atoms with Crippen molar-refractivity contribution in [1.82, 2.24) is 0 Å². The Morgan fingerprint density at radius 1 is 1.18 bits per heavy atom. The first-order valence-electron chi connectivity index (χ1n) is 3.85. The third-order valence-corrected chi connectivity index (χ3v) is 2.50. The SMILES string of the molecule is CC(C)C1([O-])CCCC1.[Cl-].[Mg+2]. The van der Waals surface area contributed by atoms with E-state index in [9.17, 15) is 5.11 Å². The van der Waals surface area contributed by atoms with Gasteiger partial charge < -0.3 is 17.5 Å². The Morgan fingerprint density at radius 3 is 1.73 bits per heavy atom. The normalized spacial score (nSPS) is 20.7. The molecule has 0 aromatic heterocycles. The van der Waals surface area contributed by atoms with Crippen LogP contribution in [0, 0.1) is 5.92 Å². The monoisotopic (exact) mass is 186 g/mol. The van der Waals surface area contributed by atoms with Gasteiger partial charge in [0.05, 0.1) is 0 Å². The summed E-state index contributed by atoms with van der Waals surface area (Å²) in [5, 5.41) is 11.6. The van der Waals surface area contributed by atoms with Crippen LogP contribution < -0.4 is 17.5 Å². The summed E-state index contributed by atoms with van der Waals surface area (Å²) in [4.78, 5) is 0. The molecule has 62 valence electrons. The summed E-state index contributed by atoms with van der Waals surface area (Å²) in [5.41, 5.74) is -0.556. The first-order valence-corrected chi connectivity index (χ1v) is 3.85. The van der Waals surface area contributed by atoms with E-state index in [0.717, 1.165) is 25.7 Å². The molecule has 0 bridgehead atoms. The van der Waals surface area contributed by atoms with Gasteiger partial charge in [-0.3, -0.25) is 0 Å². The fraction of sp³-hybridized carbons (Fsp3) is 1.00. The predicted octanol–water partition coefficient (Wildman–Crippen LogP) is -2.06. The van der Waals surface area contributed by atoms with E-state index in [4.69, 9.17) is 0 Å². The average Bonchev–Trinajstić information content (AvgIpc) is 2.16. The molecule has 1 saturated carbocycles. The van der Waals surface area contributed by atoms with Crippen molar-refractivity contribution in [2.75, 3.05) is 0 Å². The molecule has 0 amide bonds. The van der Waals surface area contributed by atoms with Gasteiger partial charge in [-0.25, -0.2) is 0 Å². The molecule has 0 aromatic rings.